The van der Waals surface area contributed by atoms with Crippen LogP contribution >= 0.6 is 11.6 Å². The van der Waals surface area contributed by atoms with Crippen molar-refractivity contribution in [2.45, 2.75) is 37.1 Å². The molecule has 0 amide bonds. The van der Waals surface area contributed by atoms with Crippen LogP contribution in [-0.2, 0) is 0 Å². The molecule has 1 spiro atoms. The average Bonchev–Trinajstić information content (AvgIpc) is 2.75. The van der Waals surface area contributed by atoms with Gasteiger partial charge in [-0.05, 0) is 48.7 Å². The van der Waals surface area contributed by atoms with Gasteiger partial charge in [0.25, 0.3) is 0 Å². The Labute approximate surface area is 181 Å². The van der Waals surface area contributed by atoms with Crippen LogP contribution in [0.15, 0.2) is 36.4 Å². The number of nitrogens with zero attached hydrogens (tertiary/aromatic N) is 1. The van der Waals surface area contributed by atoms with Crippen LogP contribution in [0, 0.1) is 0 Å². The Kier molecular flexibility index (Phi) is 6.11. The molecule has 30 heavy (non-hydrogen) atoms. The summed E-state index contributed by atoms with van der Waals surface area (Å²) in [4.78, 5) is 2.24. The molecule has 0 bridgehead atoms. The first-order chi connectivity index (χ1) is 14.4. The van der Waals surface area contributed by atoms with Crippen molar-refractivity contribution in [3.63, 3.8) is 0 Å². The van der Waals surface area contributed by atoms with E-state index in [2.05, 4.69) is 4.90 Å². The van der Waals surface area contributed by atoms with Gasteiger partial charge in [0.1, 0.15) is 11.4 Å². The average molecular weight is 434 g/mol. The predicted octanol–water partition coefficient (Wildman–Crippen LogP) is 3.74. The maximum atomic E-state index is 10.7. The minimum atomic E-state index is -0.625. The fourth-order valence-electron chi connectivity index (χ4n) is 4.47. The third kappa shape index (κ3) is 4.23. The van der Waals surface area contributed by atoms with Crippen LogP contribution in [0.25, 0.3) is 0 Å². The monoisotopic (exact) mass is 433 g/mol. The molecular weight excluding hydrogens is 406 g/mol. The van der Waals surface area contributed by atoms with E-state index in [4.69, 9.17) is 25.8 Å². The highest BCUT2D eigenvalue weighted by Crippen LogP contribution is 2.45. The second kappa shape index (κ2) is 8.63. The van der Waals surface area contributed by atoms with E-state index in [1.807, 2.05) is 24.3 Å². The lowest BCUT2D eigenvalue weighted by Crippen LogP contribution is -2.51. The third-order valence-corrected chi connectivity index (χ3v) is 6.45. The van der Waals surface area contributed by atoms with Crippen LogP contribution in [0.1, 0.15) is 42.6 Å². The molecule has 2 aliphatic heterocycles. The maximum absolute atomic E-state index is 10.7. The number of aliphatic hydroxyl groups excluding tert-OH is 2. The van der Waals surface area contributed by atoms with Gasteiger partial charge in [-0.3, -0.25) is 0 Å². The molecule has 2 atom stereocenters. The molecule has 4 rings (SSSR count). The number of fused-ring (bicyclic) bond motifs is 1. The number of β-amino-alcohol motifs (C(OH)–C–C–N with tert-alkyl or cyclic N) is 1. The van der Waals surface area contributed by atoms with Crippen LogP contribution in [0.5, 0.6) is 17.2 Å². The van der Waals surface area contributed by atoms with Gasteiger partial charge in [-0.2, -0.15) is 0 Å². The molecule has 2 heterocycles. The SMILES string of the molecule is COc1ccc([C@H](O)CN2CCC3(CC2)C[C@@H](O)c2cc(Cl)ccc2O3)cc1OC. The summed E-state index contributed by atoms with van der Waals surface area (Å²) in [7, 11) is 3.18. The van der Waals surface area contributed by atoms with E-state index in [1.165, 1.54) is 0 Å². The van der Waals surface area contributed by atoms with E-state index in [-0.39, 0.29) is 5.60 Å². The van der Waals surface area contributed by atoms with E-state index in [0.29, 0.717) is 29.5 Å². The van der Waals surface area contributed by atoms with Crippen LogP contribution in [0.2, 0.25) is 5.02 Å². The van der Waals surface area contributed by atoms with Gasteiger partial charge in [-0.25, -0.2) is 0 Å². The fourth-order valence-corrected chi connectivity index (χ4v) is 4.65. The van der Waals surface area contributed by atoms with Crippen molar-refractivity contribution in [2.24, 2.45) is 0 Å². The first-order valence-corrected chi connectivity index (χ1v) is 10.6. The summed E-state index contributed by atoms with van der Waals surface area (Å²) in [5.74, 6) is 1.97. The van der Waals surface area contributed by atoms with E-state index in [0.717, 1.165) is 42.8 Å². The zero-order valence-corrected chi connectivity index (χ0v) is 18.1. The van der Waals surface area contributed by atoms with Crippen LogP contribution in [0.3, 0.4) is 0 Å². The van der Waals surface area contributed by atoms with Crippen molar-refractivity contribution in [3.8, 4) is 17.2 Å². The number of hydrogen-bond donors (Lipinski definition) is 2. The van der Waals surface area contributed by atoms with Crippen molar-refractivity contribution < 1.29 is 24.4 Å². The van der Waals surface area contributed by atoms with Crippen LogP contribution in [-0.4, -0.2) is 54.6 Å². The summed E-state index contributed by atoms with van der Waals surface area (Å²) in [6, 6.07) is 10.9. The number of methoxy groups -OCH3 is 2. The summed E-state index contributed by atoms with van der Waals surface area (Å²) in [5, 5.41) is 22.0. The summed E-state index contributed by atoms with van der Waals surface area (Å²) in [6.45, 7) is 2.11. The zero-order valence-electron chi connectivity index (χ0n) is 17.3. The van der Waals surface area contributed by atoms with Gasteiger partial charge in [0.05, 0.1) is 26.4 Å². The number of benzene rings is 2. The Morgan fingerprint density at radius 3 is 2.57 bits per heavy atom. The quantitative estimate of drug-likeness (QED) is 0.748. The largest absolute Gasteiger partial charge is 0.493 e. The highest BCUT2D eigenvalue weighted by Gasteiger charge is 2.43. The molecule has 1 saturated heterocycles. The molecule has 1 fully saturated rings. The highest BCUT2D eigenvalue weighted by atomic mass is 35.5. The Bertz CT molecular complexity index is 897. The lowest BCUT2D eigenvalue weighted by Gasteiger charge is -2.46. The Morgan fingerprint density at radius 1 is 1.13 bits per heavy atom. The molecule has 6 nitrogen and oxygen atoms in total. The van der Waals surface area contributed by atoms with Crippen molar-refractivity contribution in [1.82, 2.24) is 4.90 Å². The van der Waals surface area contributed by atoms with E-state index >= 15 is 0 Å². The molecule has 0 radical (unpaired) electrons. The van der Waals surface area contributed by atoms with Gasteiger partial charge >= 0.3 is 0 Å². The van der Waals surface area contributed by atoms with Crippen molar-refractivity contribution >= 4 is 11.6 Å². The summed E-state index contributed by atoms with van der Waals surface area (Å²) in [6.07, 6.45) is 0.957. The van der Waals surface area contributed by atoms with Gasteiger partial charge in [-0.1, -0.05) is 17.7 Å². The van der Waals surface area contributed by atoms with Crippen molar-refractivity contribution in [1.29, 1.82) is 0 Å². The first kappa shape index (κ1) is 21.2. The Balaban J connectivity index is 1.39. The molecule has 7 heteroatoms. The molecule has 2 aliphatic rings. The normalized spacial score (nSPS) is 21.6. The van der Waals surface area contributed by atoms with E-state index in [1.54, 1.807) is 26.4 Å². The van der Waals surface area contributed by atoms with Gasteiger partial charge in [0.15, 0.2) is 11.5 Å². The number of likely N-dealkylation sites (tertiary alicyclic amines) is 1. The van der Waals surface area contributed by atoms with Gasteiger partial charge < -0.3 is 29.3 Å². The standard InChI is InChI=1S/C23H28ClNO5/c1-28-21-5-3-15(11-22(21)29-2)19(27)14-25-9-7-23(8-10-25)13-18(26)17-12-16(24)4-6-20(17)30-23/h3-6,11-12,18-19,26-27H,7-10,13-14H2,1-2H3/t18-,19-/m1/s1. The minimum absolute atomic E-state index is 0.370. The number of hydrogen-bond acceptors (Lipinski definition) is 6. The molecule has 2 aromatic carbocycles. The predicted molar refractivity (Wildman–Crippen MR) is 115 cm³/mol. The molecule has 0 aromatic heterocycles. The molecule has 162 valence electrons. The van der Waals surface area contributed by atoms with Gasteiger partial charge in [0, 0.05) is 36.6 Å². The number of halogens is 1. The topological polar surface area (TPSA) is 71.4 Å². The van der Waals surface area contributed by atoms with Crippen molar-refractivity contribution in [2.75, 3.05) is 33.9 Å². The van der Waals surface area contributed by atoms with E-state index in [9.17, 15) is 10.2 Å². The summed E-state index contributed by atoms with van der Waals surface area (Å²) < 4.78 is 16.9. The summed E-state index contributed by atoms with van der Waals surface area (Å²) in [5.41, 5.74) is 1.19. The fraction of sp³-hybridized carbons (Fsp3) is 0.478. The number of ether oxygens (including phenoxy) is 3. The minimum Gasteiger partial charge on any atom is -0.493 e. The van der Waals surface area contributed by atoms with E-state index < -0.39 is 12.2 Å². The van der Waals surface area contributed by atoms with Gasteiger partial charge in [-0.15, -0.1) is 0 Å². The highest BCUT2D eigenvalue weighted by molar-refractivity contribution is 6.30. The number of aliphatic hydroxyl groups is 2. The lowest BCUT2D eigenvalue weighted by molar-refractivity contribution is -0.0587. The summed E-state index contributed by atoms with van der Waals surface area (Å²) >= 11 is 6.06. The number of piperidine rings is 1. The van der Waals surface area contributed by atoms with Crippen LogP contribution < -0.4 is 14.2 Å². The Morgan fingerprint density at radius 2 is 1.87 bits per heavy atom. The lowest BCUT2D eigenvalue weighted by atomic mass is 9.81. The molecule has 0 unspecified atom stereocenters. The molecule has 2 aromatic rings. The van der Waals surface area contributed by atoms with Crippen molar-refractivity contribution in [3.05, 3.63) is 52.5 Å². The van der Waals surface area contributed by atoms with Crippen LogP contribution in [0.4, 0.5) is 0 Å². The maximum Gasteiger partial charge on any atom is 0.161 e. The smallest absolute Gasteiger partial charge is 0.161 e. The molecule has 2 N–H and O–H groups in total. The molecule has 0 saturated carbocycles. The second-order valence-electron chi connectivity index (χ2n) is 8.12. The Hall–Kier alpha value is -1.99. The number of rotatable bonds is 5. The van der Waals surface area contributed by atoms with Gasteiger partial charge in [0.2, 0.25) is 0 Å². The zero-order chi connectivity index (χ0) is 21.3. The molecular formula is C23H28ClNO5. The second-order valence-corrected chi connectivity index (χ2v) is 8.55. The third-order valence-electron chi connectivity index (χ3n) is 6.21. The molecule has 0 aliphatic carbocycles. The first-order valence-electron chi connectivity index (χ1n) is 10.2.